The maximum absolute atomic E-state index is 11.8. The molecule has 1 amide bonds. The van der Waals surface area contributed by atoms with Gasteiger partial charge in [0.15, 0.2) is 5.82 Å². The van der Waals surface area contributed by atoms with E-state index in [1.807, 2.05) is 0 Å². The Morgan fingerprint density at radius 1 is 1.37 bits per heavy atom. The first kappa shape index (κ1) is 12.9. The molecule has 0 radical (unpaired) electrons. The maximum atomic E-state index is 11.8. The molecule has 0 saturated heterocycles. The number of carbonyl (C=O) groups excluding carboxylic acids is 1. The van der Waals surface area contributed by atoms with Gasteiger partial charge in [-0.1, -0.05) is 5.21 Å². The van der Waals surface area contributed by atoms with Crippen LogP contribution in [0.15, 0.2) is 4.79 Å². The average molecular weight is 263 g/mol. The summed E-state index contributed by atoms with van der Waals surface area (Å²) in [5.74, 6) is 0.200. The number of carbonyl (C=O) groups is 1. The van der Waals surface area contributed by atoms with Gasteiger partial charge >= 0.3 is 5.69 Å². The Bertz CT molecular complexity index is 606. The lowest BCUT2D eigenvalue weighted by Gasteiger charge is -2.08. The summed E-state index contributed by atoms with van der Waals surface area (Å²) in [7, 11) is 0. The van der Waals surface area contributed by atoms with Crippen molar-refractivity contribution in [1.82, 2.24) is 35.9 Å². The lowest BCUT2D eigenvalue weighted by atomic mass is 10.1. The van der Waals surface area contributed by atoms with Gasteiger partial charge in [0.05, 0.1) is 13.0 Å². The number of aromatic nitrogens is 6. The molecule has 0 aliphatic carbocycles. The molecule has 0 aromatic carbocycles. The molecule has 100 valence electrons. The second-order valence-corrected chi connectivity index (χ2v) is 4.01. The van der Waals surface area contributed by atoms with E-state index >= 15 is 0 Å². The minimum Gasteiger partial charge on any atom is -0.348 e. The third kappa shape index (κ3) is 3.21. The third-order valence-electron chi connectivity index (χ3n) is 2.62. The van der Waals surface area contributed by atoms with E-state index < -0.39 is 5.69 Å². The highest BCUT2D eigenvalue weighted by Gasteiger charge is 2.11. The highest BCUT2D eigenvalue weighted by atomic mass is 16.1. The first-order valence-corrected chi connectivity index (χ1v) is 5.61. The minimum atomic E-state index is -0.411. The first-order valence-electron chi connectivity index (χ1n) is 5.61. The quantitative estimate of drug-likeness (QED) is 0.632. The van der Waals surface area contributed by atoms with E-state index in [-0.39, 0.29) is 18.9 Å². The summed E-state index contributed by atoms with van der Waals surface area (Å²) in [5, 5.41) is 15.8. The fraction of sp³-hybridized carbons (Fsp3) is 0.400. The van der Waals surface area contributed by atoms with Gasteiger partial charge in [0.2, 0.25) is 5.91 Å². The minimum absolute atomic E-state index is 0.138. The average Bonchev–Trinajstić information content (AvgIpc) is 2.84. The van der Waals surface area contributed by atoms with Crippen molar-refractivity contribution in [3.63, 3.8) is 0 Å². The van der Waals surface area contributed by atoms with E-state index in [2.05, 4.69) is 35.9 Å². The second kappa shape index (κ2) is 5.38. The molecule has 19 heavy (non-hydrogen) atoms. The Morgan fingerprint density at radius 2 is 2.16 bits per heavy atom. The number of H-pyrrole nitrogens is 2. The summed E-state index contributed by atoms with van der Waals surface area (Å²) >= 11 is 0. The summed E-state index contributed by atoms with van der Waals surface area (Å²) in [6.45, 7) is 3.63. The molecular formula is C10H13N7O2. The summed E-state index contributed by atoms with van der Waals surface area (Å²) < 4.78 is 0. The molecule has 0 bridgehead atoms. The van der Waals surface area contributed by atoms with Crippen molar-refractivity contribution in [1.29, 1.82) is 0 Å². The molecule has 0 fully saturated rings. The van der Waals surface area contributed by atoms with Crippen LogP contribution in [0.4, 0.5) is 0 Å². The van der Waals surface area contributed by atoms with Crippen LogP contribution in [0.5, 0.6) is 0 Å². The van der Waals surface area contributed by atoms with E-state index in [1.54, 1.807) is 13.8 Å². The summed E-state index contributed by atoms with van der Waals surface area (Å²) in [5.41, 5.74) is 1.50. The second-order valence-electron chi connectivity index (χ2n) is 4.01. The monoisotopic (exact) mass is 263 g/mol. The number of nitrogens with zero attached hydrogens (tertiary/aromatic N) is 4. The number of aromatic amines is 2. The molecule has 0 atom stereocenters. The van der Waals surface area contributed by atoms with Gasteiger partial charge in [-0.05, 0) is 13.8 Å². The largest absolute Gasteiger partial charge is 0.348 e. The van der Waals surface area contributed by atoms with Gasteiger partial charge in [0, 0.05) is 17.0 Å². The highest BCUT2D eigenvalue weighted by Crippen LogP contribution is 2.07. The van der Waals surface area contributed by atoms with E-state index in [0.717, 1.165) is 0 Å². The molecule has 2 aromatic heterocycles. The molecule has 0 aliphatic rings. The number of tetrazole rings is 1. The van der Waals surface area contributed by atoms with E-state index in [0.29, 0.717) is 22.8 Å². The Hall–Kier alpha value is -2.58. The number of hydrogen-bond acceptors (Lipinski definition) is 6. The number of nitrogens with one attached hydrogen (secondary N) is 3. The van der Waals surface area contributed by atoms with Crippen LogP contribution in [0.2, 0.25) is 0 Å². The van der Waals surface area contributed by atoms with Crippen LogP contribution in [0.1, 0.15) is 22.8 Å². The Kier molecular flexibility index (Phi) is 3.64. The third-order valence-corrected chi connectivity index (χ3v) is 2.62. The normalized spacial score (nSPS) is 10.4. The molecule has 9 nitrogen and oxygen atoms in total. The van der Waals surface area contributed by atoms with E-state index in [1.165, 1.54) is 0 Å². The molecule has 2 heterocycles. The summed E-state index contributed by atoms with van der Waals surface area (Å²) in [6.07, 6.45) is 0.138. The molecule has 9 heteroatoms. The maximum Gasteiger partial charge on any atom is 0.345 e. The van der Waals surface area contributed by atoms with Crippen molar-refractivity contribution in [3.8, 4) is 0 Å². The lowest BCUT2D eigenvalue weighted by Crippen LogP contribution is -2.27. The first-order chi connectivity index (χ1) is 9.06. The smallest absolute Gasteiger partial charge is 0.345 e. The van der Waals surface area contributed by atoms with Crippen LogP contribution in [0, 0.1) is 13.8 Å². The van der Waals surface area contributed by atoms with Gasteiger partial charge in [0.25, 0.3) is 0 Å². The van der Waals surface area contributed by atoms with E-state index in [4.69, 9.17) is 0 Å². The Labute approximate surface area is 107 Å². The molecular weight excluding hydrogens is 250 g/mol. The standard InChI is InChI=1S/C10H13N7O2/c1-5-7(6(2)13-10(19)12-5)3-9(18)11-4-8-14-16-17-15-8/h3-4H2,1-2H3,(H,11,18)(H,12,13,19)(H,14,15,16,17). The number of aryl methyl sites for hydroxylation is 2. The van der Waals surface area contributed by atoms with Crippen molar-refractivity contribution in [2.75, 3.05) is 0 Å². The number of rotatable bonds is 4. The zero-order valence-corrected chi connectivity index (χ0v) is 10.5. The molecule has 0 aliphatic heterocycles. The van der Waals surface area contributed by atoms with Crippen LogP contribution < -0.4 is 11.0 Å². The highest BCUT2D eigenvalue weighted by molar-refractivity contribution is 5.78. The topological polar surface area (TPSA) is 129 Å². The van der Waals surface area contributed by atoms with Gasteiger partial charge in [-0.3, -0.25) is 4.79 Å². The molecule has 2 rings (SSSR count). The molecule has 3 N–H and O–H groups in total. The van der Waals surface area contributed by atoms with Crippen molar-refractivity contribution < 1.29 is 4.79 Å². The van der Waals surface area contributed by atoms with Gasteiger partial charge in [-0.2, -0.15) is 10.2 Å². The fourth-order valence-electron chi connectivity index (χ4n) is 1.67. The number of hydrogen-bond donors (Lipinski definition) is 3. The van der Waals surface area contributed by atoms with Gasteiger partial charge in [-0.25, -0.2) is 4.79 Å². The zero-order chi connectivity index (χ0) is 13.8. The predicted octanol–water partition coefficient (Wildman–Crippen LogP) is -1.24. The SMILES string of the molecule is Cc1nc(=O)[nH]c(C)c1CC(=O)NCc1nn[nH]n1. The van der Waals surface area contributed by atoms with Crippen molar-refractivity contribution >= 4 is 5.91 Å². The van der Waals surface area contributed by atoms with E-state index in [9.17, 15) is 9.59 Å². The molecule has 0 saturated carbocycles. The summed E-state index contributed by atoms with van der Waals surface area (Å²) in [6, 6.07) is 0. The fourth-order valence-corrected chi connectivity index (χ4v) is 1.67. The van der Waals surface area contributed by atoms with Gasteiger partial charge in [-0.15, -0.1) is 10.2 Å². The van der Waals surface area contributed by atoms with Crippen LogP contribution >= 0.6 is 0 Å². The molecule has 0 unspecified atom stereocenters. The van der Waals surface area contributed by atoms with Gasteiger partial charge < -0.3 is 10.3 Å². The van der Waals surface area contributed by atoms with Crippen LogP contribution in [-0.2, 0) is 17.8 Å². The van der Waals surface area contributed by atoms with Crippen LogP contribution in [0.25, 0.3) is 0 Å². The summed E-state index contributed by atoms with van der Waals surface area (Å²) in [4.78, 5) is 29.3. The van der Waals surface area contributed by atoms with Crippen LogP contribution in [-0.4, -0.2) is 36.5 Å². The predicted molar refractivity (Wildman–Crippen MR) is 64.1 cm³/mol. The molecule has 0 spiro atoms. The van der Waals surface area contributed by atoms with Crippen molar-refractivity contribution in [2.45, 2.75) is 26.8 Å². The number of amides is 1. The Morgan fingerprint density at radius 3 is 2.79 bits per heavy atom. The van der Waals surface area contributed by atoms with Crippen molar-refractivity contribution in [3.05, 3.63) is 33.3 Å². The zero-order valence-electron chi connectivity index (χ0n) is 10.5. The van der Waals surface area contributed by atoms with Crippen LogP contribution in [0.3, 0.4) is 0 Å². The van der Waals surface area contributed by atoms with Crippen molar-refractivity contribution in [2.24, 2.45) is 0 Å². The van der Waals surface area contributed by atoms with Gasteiger partial charge in [0.1, 0.15) is 0 Å². The molecule has 2 aromatic rings. The Balaban J connectivity index is 2.01. The lowest BCUT2D eigenvalue weighted by molar-refractivity contribution is -0.120.